The molecule has 1 N–H and O–H groups in total. The van der Waals surface area contributed by atoms with Crippen molar-refractivity contribution in [2.75, 3.05) is 4.90 Å². The Kier molecular flexibility index (Phi) is 7.10. The number of amides is 2. The van der Waals surface area contributed by atoms with Crippen molar-refractivity contribution in [2.45, 2.75) is 65.0 Å². The fraction of sp³-hybridized carbons (Fsp3) is 0.370. The summed E-state index contributed by atoms with van der Waals surface area (Å²) in [5, 5.41) is 7.10. The van der Waals surface area contributed by atoms with Gasteiger partial charge in [-0.1, -0.05) is 54.8 Å². The Morgan fingerprint density at radius 3 is 2.44 bits per heavy atom. The largest absolute Gasteiger partial charge is 0.361 e. The van der Waals surface area contributed by atoms with Crippen molar-refractivity contribution in [1.29, 1.82) is 0 Å². The molecule has 6 nitrogen and oxygen atoms in total. The molecular formula is C27H30FN3O3. The van der Waals surface area contributed by atoms with Gasteiger partial charge < -0.3 is 9.84 Å². The molecule has 1 heterocycles. The van der Waals surface area contributed by atoms with E-state index in [0.717, 1.165) is 37.7 Å². The number of hydrogen-bond acceptors (Lipinski definition) is 4. The van der Waals surface area contributed by atoms with Crippen LogP contribution < -0.4 is 10.2 Å². The zero-order valence-electron chi connectivity index (χ0n) is 19.8. The highest BCUT2D eigenvalue weighted by Gasteiger charge is 2.37. The quantitative estimate of drug-likeness (QED) is 0.518. The second-order valence-corrected chi connectivity index (χ2v) is 8.96. The molecule has 1 fully saturated rings. The number of halogens is 1. The summed E-state index contributed by atoms with van der Waals surface area (Å²) in [6.07, 6.45) is 5.10. The van der Waals surface area contributed by atoms with E-state index in [1.807, 2.05) is 31.2 Å². The average molecular weight is 464 g/mol. The lowest BCUT2D eigenvalue weighted by atomic mass is 9.93. The van der Waals surface area contributed by atoms with Crippen LogP contribution in [0.1, 0.15) is 71.1 Å². The van der Waals surface area contributed by atoms with Crippen LogP contribution in [0.2, 0.25) is 0 Å². The second-order valence-electron chi connectivity index (χ2n) is 8.96. The lowest BCUT2D eigenvalue weighted by Crippen LogP contribution is -2.47. The van der Waals surface area contributed by atoms with Crippen LogP contribution in [0, 0.1) is 26.6 Å². The van der Waals surface area contributed by atoms with E-state index in [1.54, 1.807) is 19.9 Å². The zero-order chi connectivity index (χ0) is 24.2. The van der Waals surface area contributed by atoms with E-state index in [4.69, 9.17) is 4.52 Å². The standard InChI is InChI=1S/C27H30FN3O3/c1-17-10-7-8-15-23(17)25(26(32)29-21-12-5-4-6-13-21)31(22-14-9-11-20(28)16-22)27(33)24-18(2)30-34-19(24)3/h7-11,14-16,21,25H,4-6,12-13H2,1-3H3,(H,29,32). The summed E-state index contributed by atoms with van der Waals surface area (Å²) in [6.45, 7) is 5.24. The number of rotatable bonds is 6. The third kappa shape index (κ3) is 4.88. The third-order valence-electron chi connectivity index (χ3n) is 6.49. The fourth-order valence-electron chi connectivity index (χ4n) is 4.74. The number of hydrogen-bond donors (Lipinski definition) is 1. The van der Waals surface area contributed by atoms with E-state index in [1.165, 1.54) is 23.1 Å². The summed E-state index contributed by atoms with van der Waals surface area (Å²) in [4.78, 5) is 29.2. The second kappa shape index (κ2) is 10.2. The molecule has 34 heavy (non-hydrogen) atoms. The normalized spacial score (nSPS) is 15.1. The minimum absolute atomic E-state index is 0.0521. The Morgan fingerprint density at radius 2 is 1.79 bits per heavy atom. The fourth-order valence-corrected chi connectivity index (χ4v) is 4.74. The molecule has 1 aliphatic carbocycles. The number of anilines is 1. The van der Waals surface area contributed by atoms with Gasteiger partial charge in [0.25, 0.3) is 5.91 Å². The van der Waals surface area contributed by atoms with Gasteiger partial charge >= 0.3 is 0 Å². The summed E-state index contributed by atoms with van der Waals surface area (Å²) < 4.78 is 19.6. The Labute approximate surface area is 199 Å². The number of benzene rings is 2. The molecule has 1 atom stereocenters. The van der Waals surface area contributed by atoms with Crippen molar-refractivity contribution >= 4 is 17.5 Å². The predicted octanol–water partition coefficient (Wildman–Crippen LogP) is 5.58. The van der Waals surface area contributed by atoms with Gasteiger partial charge in [-0.25, -0.2) is 4.39 Å². The van der Waals surface area contributed by atoms with Crippen LogP contribution in [-0.2, 0) is 4.79 Å². The van der Waals surface area contributed by atoms with Crippen molar-refractivity contribution in [1.82, 2.24) is 10.5 Å². The van der Waals surface area contributed by atoms with Crippen LogP contribution in [0.25, 0.3) is 0 Å². The molecule has 0 radical (unpaired) electrons. The molecule has 0 aliphatic heterocycles. The van der Waals surface area contributed by atoms with Crippen molar-refractivity contribution in [3.05, 3.63) is 82.5 Å². The lowest BCUT2D eigenvalue weighted by molar-refractivity contribution is -0.123. The molecular weight excluding hydrogens is 433 g/mol. The minimum atomic E-state index is -0.994. The van der Waals surface area contributed by atoms with Crippen LogP contribution in [0.15, 0.2) is 53.1 Å². The summed E-state index contributed by atoms with van der Waals surface area (Å²) in [5.41, 5.74) is 2.52. The number of aryl methyl sites for hydroxylation is 3. The lowest BCUT2D eigenvalue weighted by Gasteiger charge is -2.34. The first kappa shape index (κ1) is 23.7. The van der Waals surface area contributed by atoms with Crippen LogP contribution >= 0.6 is 0 Å². The van der Waals surface area contributed by atoms with Crippen LogP contribution in [0.4, 0.5) is 10.1 Å². The SMILES string of the molecule is Cc1ccccc1C(C(=O)NC1CCCCC1)N(C(=O)c1c(C)noc1C)c1cccc(F)c1. The molecule has 0 bridgehead atoms. The molecule has 0 spiro atoms. The summed E-state index contributed by atoms with van der Waals surface area (Å²) >= 11 is 0. The number of aromatic nitrogens is 1. The average Bonchev–Trinajstić information content (AvgIpc) is 3.16. The van der Waals surface area contributed by atoms with E-state index in [-0.39, 0.29) is 23.2 Å². The molecule has 3 aromatic rings. The monoisotopic (exact) mass is 463 g/mol. The van der Waals surface area contributed by atoms with Crippen LogP contribution in [0.5, 0.6) is 0 Å². The zero-order valence-corrected chi connectivity index (χ0v) is 19.8. The Morgan fingerprint density at radius 1 is 1.06 bits per heavy atom. The van der Waals surface area contributed by atoms with Gasteiger partial charge in [-0.15, -0.1) is 0 Å². The number of nitrogens with one attached hydrogen (secondary N) is 1. The maximum absolute atomic E-state index is 14.3. The van der Waals surface area contributed by atoms with Gasteiger partial charge in [-0.3, -0.25) is 14.5 Å². The van der Waals surface area contributed by atoms with Crippen LogP contribution in [0.3, 0.4) is 0 Å². The first-order chi connectivity index (χ1) is 16.4. The molecule has 7 heteroatoms. The molecule has 0 saturated heterocycles. The van der Waals surface area contributed by atoms with Crippen LogP contribution in [-0.4, -0.2) is 23.0 Å². The topological polar surface area (TPSA) is 75.4 Å². The maximum atomic E-state index is 14.3. The molecule has 1 unspecified atom stereocenters. The Bertz CT molecular complexity index is 1160. The first-order valence-corrected chi connectivity index (χ1v) is 11.7. The van der Waals surface area contributed by atoms with E-state index < -0.39 is 17.8 Å². The van der Waals surface area contributed by atoms with E-state index >= 15 is 0 Å². The van der Waals surface area contributed by atoms with Crippen molar-refractivity contribution in [2.24, 2.45) is 0 Å². The smallest absolute Gasteiger partial charge is 0.264 e. The highest BCUT2D eigenvalue weighted by atomic mass is 19.1. The van der Waals surface area contributed by atoms with E-state index in [2.05, 4.69) is 10.5 Å². The predicted molar refractivity (Wildman–Crippen MR) is 128 cm³/mol. The highest BCUT2D eigenvalue weighted by molar-refractivity contribution is 6.11. The van der Waals surface area contributed by atoms with Gasteiger partial charge in [0.2, 0.25) is 5.91 Å². The van der Waals surface area contributed by atoms with Crippen molar-refractivity contribution < 1.29 is 18.5 Å². The maximum Gasteiger partial charge on any atom is 0.264 e. The molecule has 1 saturated carbocycles. The van der Waals surface area contributed by atoms with Crippen molar-refractivity contribution in [3.63, 3.8) is 0 Å². The van der Waals surface area contributed by atoms with Gasteiger partial charge in [-0.05, 0) is 62.9 Å². The van der Waals surface area contributed by atoms with Gasteiger partial charge in [-0.2, -0.15) is 0 Å². The Balaban J connectivity index is 1.86. The summed E-state index contributed by atoms with van der Waals surface area (Å²) in [7, 11) is 0. The molecule has 178 valence electrons. The molecule has 2 aromatic carbocycles. The minimum Gasteiger partial charge on any atom is -0.361 e. The first-order valence-electron chi connectivity index (χ1n) is 11.7. The van der Waals surface area contributed by atoms with Gasteiger partial charge in [0.05, 0.1) is 5.69 Å². The summed E-state index contributed by atoms with van der Waals surface area (Å²) in [6, 6.07) is 12.3. The van der Waals surface area contributed by atoms with Crippen molar-refractivity contribution in [3.8, 4) is 0 Å². The number of carbonyl (C=O) groups excluding carboxylic acids is 2. The summed E-state index contributed by atoms with van der Waals surface area (Å²) in [5.74, 6) is -0.898. The Hall–Kier alpha value is -3.48. The molecule has 2 amide bonds. The van der Waals surface area contributed by atoms with Gasteiger partial charge in [0.15, 0.2) is 0 Å². The molecule has 4 rings (SSSR count). The van der Waals surface area contributed by atoms with E-state index in [9.17, 15) is 14.0 Å². The van der Waals surface area contributed by atoms with Gasteiger partial charge in [0, 0.05) is 11.7 Å². The number of nitrogens with zero attached hydrogens (tertiary/aromatic N) is 2. The molecule has 1 aromatic heterocycles. The van der Waals surface area contributed by atoms with E-state index in [0.29, 0.717) is 17.0 Å². The highest BCUT2D eigenvalue weighted by Crippen LogP contribution is 2.33. The van der Waals surface area contributed by atoms with Gasteiger partial charge in [0.1, 0.15) is 23.2 Å². The number of carbonyl (C=O) groups is 2. The molecule has 1 aliphatic rings. The third-order valence-corrected chi connectivity index (χ3v) is 6.49.